The molecule has 0 spiro atoms. The van der Waals surface area contributed by atoms with Gasteiger partial charge in [0.1, 0.15) is 0 Å². The summed E-state index contributed by atoms with van der Waals surface area (Å²) in [5.41, 5.74) is 14.6. The second kappa shape index (κ2) is 12.7. The maximum absolute atomic E-state index is 2.51. The number of hydrogen-bond acceptors (Lipinski definition) is 2. The van der Waals surface area contributed by atoms with Crippen molar-refractivity contribution in [3.05, 3.63) is 204 Å². The van der Waals surface area contributed by atoms with E-state index in [1.807, 2.05) is 0 Å². The molecule has 9 aromatic rings. The Morgan fingerprint density at radius 2 is 0.836 bits per heavy atom. The minimum absolute atomic E-state index is 0.272. The van der Waals surface area contributed by atoms with Crippen molar-refractivity contribution < 1.29 is 0 Å². The van der Waals surface area contributed by atoms with Crippen molar-refractivity contribution in [2.75, 3.05) is 9.80 Å². The second-order valence-corrected chi connectivity index (χ2v) is 15.5. The van der Waals surface area contributed by atoms with E-state index in [-0.39, 0.29) is 5.41 Å². The van der Waals surface area contributed by atoms with E-state index >= 15 is 0 Å². The molecule has 0 unspecified atom stereocenters. The van der Waals surface area contributed by atoms with Crippen LogP contribution in [-0.4, -0.2) is 0 Å². The van der Waals surface area contributed by atoms with Crippen LogP contribution < -0.4 is 9.80 Å². The highest BCUT2D eigenvalue weighted by Gasteiger charge is 2.39. The molecular formula is C53H42N2. The van der Waals surface area contributed by atoms with Gasteiger partial charge in [-0.2, -0.15) is 0 Å². The van der Waals surface area contributed by atoms with Gasteiger partial charge in [-0.25, -0.2) is 0 Å². The molecule has 0 aliphatic heterocycles. The van der Waals surface area contributed by atoms with E-state index in [1.165, 1.54) is 94.1 Å². The molecule has 264 valence electrons. The first-order chi connectivity index (χ1) is 26.9. The Morgan fingerprint density at radius 1 is 0.364 bits per heavy atom. The zero-order chi connectivity index (χ0) is 37.3. The number of anilines is 6. The number of nitrogens with zero attached hydrogens (tertiary/aromatic N) is 2. The van der Waals surface area contributed by atoms with Gasteiger partial charge in [-0.1, -0.05) is 153 Å². The van der Waals surface area contributed by atoms with E-state index in [2.05, 4.69) is 219 Å². The highest BCUT2D eigenvalue weighted by Crippen LogP contribution is 2.56. The summed E-state index contributed by atoms with van der Waals surface area (Å²) < 4.78 is 0. The topological polar surface area (TPSA) is 6.48 Å². The van der Waals surface area contributed by atoms with Crippen molar-refractivity contribution in [1.82, 2.24) is 0 Å². The molecule has 1 aliphatic rings. The molecular weight excluding hydrogens is 665 g/mol. The van der Waals surface area contributed by atoms with Crippen LogP contribution in [0.2, 0.25) is 0 Å². The first kappa shape index (κ1) is 33.0. The zero-order valence-corrected chi connectivity index (χ0v) is 31.7. The van der Waals surface area contributed by atoms with Crippen molar-refractivity contribution in [2.24, 2.45) is 0 Å². The fourth-order valence-corrected chi connectivity index (χ4v) is 9.11. The summed E-state index contributed by atoms with van der Waals surface area (Å²) in [6.07, 6.45) is 0. The smallest absolute Gasteiger partial charge is 0.0543 e. The van der Waals surface area contributed by atoms with Crippen LogP contribution in [0.25, 0.3) is 43.4 Å². The summed E-state index contributed by atoms with van der Waals surface area (Å²) in [5, 5.41) is 7.44. The van der Waals surface area contributed by atoms with Crippen LogP contribution in [0.15, 0.2) is 182 Å². The van der Waals surface area contributed by atoms with Crippen LogP contribution >= 0.6 is 0 Å². The van der Waals surface area contributed by atoms with Gasteiger partial charge in [0.05, 0.1) is 17.1 Å². The molecule has 0 heterocycles. The van der Waals surface area contributed by atoms with Crippen LogP contribution in [0, 0.1) is 13.8 Å². The third-order valence-corrected chi connectivity index (χ3v) is 11.9. The molecule has 0 bridgehead atoms. The maximum Gasteiger partial charge on any atom is 0.0543 e. The van der Waals surface area contributed by atoms with E-state index in [0.29, 0.717) is 0 Å². The number of fused-ring (bicyclic) bond motifs is 7. The Morgan fingerprint density at radius 3 is 1.45 bits per heavy atom. The van der Waals surface area contributed by atoms with E-state index in [1.54, 1.807) is 0 Å². The Hall–Kier alpha value is -6.64. The minimum atomic E-state index is -0.272. The van der Waals surface area contributed by atoms with Gasteiger partial charge in [-0.3, -0.25) is 0 Å². The minimum Gasteiger partial charge on any atom is -0.310 e. The highest BCUT2D eigenvalue weighted by atomic mass is 15.2. The Bertz CT molecular complexity index is 2940. The lowest BCUT2D eigenvalue weighted by Crippen LogP contribution is -2.18. The summed E-state index contributed by atoms with van der Waals surface area (Å²) in [6, 6.07) is 67.0. The maximum atomic E-state index is 2.51. The molecule has 0 aromatic heterocycles. The Kier molecular flexibility index (Phi) is 7.64. The molecule has 10 rings (SSSR count). The summed E-state index contributed by atoms with van der Waals surface area (Å²) in [5.74, 6) is 0. The number of benzene rings is 9. The summed E-state index contributed by atoms with van der Waals surface area (Å²) >= 11 is 0. The van der Waals surface area contributed by atoms with Crippen LogP contribution in [0.4, 0.5) is 34.1 Å². The predicted octanol–water partition coefficient (Wildman–Crippen LogP) is 15.0. The molecule has 55 heavy (non-hydrogen) atoms. The highest BCUT2D eigenvalue weighted by molar-refractivity contribution is 6.12. The van der Waals surface area contributed by atoms with Crippen LogP contribution in [0.1, 0.15) is 36.1 Å². The van der Waals surface area contributed by atoms with Crippen LogP contribution in [0.5, 0.6) is 0 Å². The summed E-state index contributed by atoms with van der Waals surface area (Å²) in [6.45, 7) is 9.25. The van der Waals surface area contributed by atoms with Crippen molar-refractivity contribution in [2.45, 2.75) is 33.1 Å². The fourth-order valence-electron chi connectivity index (χ4n) is 9.11. The second-order valence-electron chi connectivity index (χ2n) is 15.5. The molecule has 0 atom stereocenters. The van der Waals surface area contributed by atoms with Crippen molar-refractivity contribution in [3.8, 4) is 11.1 Å². The first-order valence-electron chi connectivity index (χ1n) is 19.3. The fraction of sp³-hybridized carbons (Fsp3) is 0.0943. The number of aryl methyl sites for hydroxylation is 2. The molecule has 0 fully saturated rings. The normalized spacial score (nSPS) is 12.9. The average molecular weight is 707 g/mol. The molecule has 2 nitrogen and oxygen atoms in total. The van der Waals surface area contributed by atoms with Gasteiger partial charge in [-0.05, 0) is 106 Å². The quantitative estimate of drug-likeness (QED) is 0.170. The van der Waals surface area contributed by atoms with Gasteiger partial charge in [0, 0.05) is 38.6 Å². The Balaban J connectivity index is 1.22. The lowest BCUT2D eigenvalue weighted by molar-refractivity contribution is 0.661. The predicted molar refractivity (Wildman–Crippen MR) is 235 cm³/mol. The number of hydrogen-bond donors (Lipinski definition) is 0. The number of rotatable bonds is 6. The first-order valence-corrected chi connectivity index (χ1v) is 19.3. The summed E-state index contributed by atoms with van der Waals surface area (Å²) in [4.78, 5) is 4.96. The van der Waals surface area contributed by atoms with E-state index in [0.717, 1.165) is 5.69 Å². The van der Waals surface area contributed by atoms with Gasteiger partial charge in [0.2, 0.25) is 0 Å². The zero-order valence-electron chi connectivity index (χ0n) is 31.7. The van der Waals surface area contributed by atoms with Gasteiger partial charge >= 0.3 is 0 Å². The van der Waals surface area contributed by atoms with Gasteiger partial charge in [0.25, 0.3) is 0 Å². The largest absolute Gasteiger partial charge is 0.310 e. The molecule has 0 radical (unpaired) electrons. The van der Waals surface area contributed by atoms with E-state index < -0.39 is 0 Å². The van der Waals surface area contributed by atoms with Gasteiger partial charge in [-0.15, -0.1) is 0 Å². The SMILES string of the molecule is Cc1ccccc1N(c1ccc2c(c1)C(C)(C)c1cc(N(c3ccccc3C)c3cccc4ccccc34)c3ccccc3c1-2)c1cccc2ccccc12. The molecule has 0 saturated heterocycles. The Labute approximate surface area is 323 Å². The summed E-state index contributed by atoms with van der Waals surface area (Å²) in [7, 11) is 0. The van der Waals surface area contributed by atoms with Gasteiger partial charge in [0.15, 0.2) is 0 Å². The number of para-hydroxylation sites is 2. The molecule has 9 aromatic carbocycles. The third-order valence-electron chi connectivity index (χ3n) is 11.9. The van der Waals surface area contributed by atoms with Crippen molar-refractivity contribution in [1.29, 1.82) is 0 Å². The van der Waals surface area contributed by atoms with Crippen LogP contribution in [-0.2, 0) is 5.41 Å². The van der Waals surface area contributed by atoms with Crippen molar-refractivity contribution in [3.63, 3.8) is 0 Å². The van der Waals surface area contributed by atoms with Crippen LogP contribution in [0.3, 0.4) is 0 Å². The molecule has 0 N–H and O–H groups in total. The molecule has 2 heteroatoms. The monoisotopic (exact) mass is 706 g/mol. The molecule has 1 aliphatic carbocycles. The van der Waals surface area contributed by atoms with E-state index in [9.17, 15) is 0 Å². The lowest BCUT2D eigenvalue weighted by atomic mass is 9.81. The standard InChI is InChI=1S/C53H42N2/c1-35-17-5-13-27-47(35)54(49-29-15-21-37-19-7-9-23-40(37)49)39-31-32-44-45(33-39)53(3,4)46-34-51(42-25-11-12-26-43(42)52(44)46)55(48-28-14-6-18-36(48)2)50-30-16-22-38-20-8-10-24-41(38)50/h5-34H,1-4H3. The average Bonchev–Trinajstić information content (AvgIpc) is 3.45. The van der Waals surface area contributed by atoms with Crippen molar-refractivity contribution >= 4 is 66.4 Å². The lowest BCUT2D eigenvalue weighted by Gasteiger charge is -2.32. The van der Waals surface area contributed by atoms with E-state index in [4.69, 9.17) is 0 Å². The molecule has 0 amide bonds. The van der Waals surface area contributed by atoms with Gasteiger partial charge < -0.3 is 9.80 Å². The third kappa shape index (κ3) is 5.16. The molecule has 0 saturated carbocycles.